The van der Waals surface area contributed by atoms with Gasteiger partial charge in [-0.05, 0) is 17.7 Å². The zero-order chi connectivity index (χ0) is 15.8. The lowest BCUT2D eigenvalue weighted by Gasteiger charge is -2.23. The number of carbonyl (C=O) groups is 1. The second-order valence-corrected chi connectivity index (χ2v) is 5.01. The molecule has 1 atom stereocenters. The van der Waals surface area contributed by atoms with Crippen LogP contribution in [0.3, 0.4) is 0 Å². The quantitative estimate of drug-likeness (QED) is 0.890. The number of para-hydroxylation sites is 1. The first-order valence-corrected chi connectivity index (χ1v) is 7.25. The summed E-state index contributed by atoms with van der Waals surface area (Å²) in [4.78, 5) is 14.2. The van der Waals surface area contributed by atoms with Crippen LogP contribution < -0.4 is 10.6 Å². The van der Waals surface area contributed by atoms with Gasteiger partial charge in [0.15, 0.2) is 0 Å². The normalized spacial score (nSPS) is 11.5. The summed E-state index contributed by atoms with van der Waals surface area (Å²) in [6, 6.07) is 20.7. The molecule has 2 aromatic rings. The van der Waals surface area contributed by atoms with E-state index < -0.39 is 0 Å². The molecule has 0 aliphatic heterocycles. The largest absolute Gasteiger partial charge is 0.324 e. The second kappa shape index (κ2) is 7.96. The van der Waals surface area contributed by atoms with Crippen LogP contribution in [0.5, 0.6) is 0 Å². The average Bonchev–Trinajstić information content (AvgIpc) is 2.57. The van der Waals surface area contributed by atoms with Crippen LogP contribution >= 0.6 is 0 Å². The molecule has 0 radical (unpaired) electrons. The number of hydrogen-bond acceptors (Lipinski definition) is 3. The van der Waals surface area contributed by atoms with Crippen molar-refractivity contribution in [3.05, 3.63) is 66.2 Å². The summed E-state index contributed by atoms with van der Waals surface area (Å²) in [7, 11) is 0. The molecule has 1 amide bonds. The summed E-state index contributed by atoms with van der Waals surface area (Å²) in [5, 5.41) is 8.79. The highest BCUT2D eigenvalue weighted by Crippen LogP contribution is 2.19. The molecule has 0 aliphatic carbocycles. The number of nitriles is 1. The van der Waals surface area contributed by atoms with Gasteiger partial charge in [-0.2, -0.15) is 5.26 Å². The van der Waals surface area contributed by atoms with Crippen molar-refractivity contribution in [2.45, 2.75) is 18.9 Å². The SMILES string of the molecule is N#CCCN(C(=O)CC(N)c1ccccc1)c1ccccc1. The van der Waals surface area contributed by atoms with Crippen LogP contribution in [0.1, 0.15) is 24.4 Å². The standard InChI is InChI=1S/C18H19N3O/c19-12-7-13-21(16-10-5-2-6-11-16)18(22)14-17(20)15-8-3-1-4-9-15/h1-6,8-11,17H,7,13-14,20H2. The maximum Gasteiger partial charge on any atom is 0.228 e. The van der Waals surface area contributed by atoms with Gasteiger partial charge < -0.3 is 10.6 Å². The Hall–Kier alpha value is -2.64. The van der Waals surface area contributed by atoms with Crippen molar-refractivity contribution >= 4 is 11.6 Å². The molecule has 1 unspecified atom stereocenters. The van der Waals surface area contributed by atoms with Crippen molar-refractivity contribution in [2.75, 3.05) is 11.4 Å². The Bertz CT molecular complexity index is 634. The molecular formula is C18H19N3O. The van der Waals surface area contributed by atoms with Crippen molar-refractivity contribution in [1.29, 1.82) is 5.26 Å². The molecule has 0 aromatic heterocycles. The number of nitrogens with two attached hydrogens (primary N) is 1. The van der Waals surface area contributed by atoms with Crippen LogP contribution in [0.25, 0.3) is 0 Å². The summed E-state index contributed by atoms with van der Waals surface area (Å²) in [5.74, 6) is -0.0715. The Kier molecular flexibility index (Phi) is 5.70. The molecule has 0 heterocycles. The van der Waals surface area contributed by atoms with Crippen molar-refractivity contribution in [3.8, 4) is 6.07 Å². The predicted octanol–water partition coefficient (Wildman–Crippen LogP) is 3.02. The molecule has 4 nitrogen and oxygen atoms in total. The number of amides is 1. The van der Waals surface area contributed by atoms with Gasteiger partial charge in [0.1, 0.15) is 0 Å². The highest BCUT2D eigenvalue weighted by Gasteiger charge is 2.19. The zero-order valence-electron chi connectivity index (χ0n) is 12.4. The highest BCUT2D eigenvalue weighted by atomic mass is 16.2. The van der Waals surface area contributed by atoms with Crippen LogP contribution in [0.15, 0.2) is 60.7 Å². The van der Waals surface area contributed by atoms with Crippen LogP contribution in [-0.4, -0.2) is 12.5 Å². The molecule has 0 saturated heterocycles. The van der Waals surface area contributed by atoms with Gasteiger partial charge in [0.05, 0.1) is 12.5 Å². The van der Waals surface area contributed by atoms with Crippen LogP contribution in [0.4, 0.5) is 5.69 Å². The Morgan fingerprint density at radius 1 is 1.09 bits per heavy atom. The lowest BCUT2D eigenvalue weighted by atomic mass is 10.0. The fraction of sp³-hybridized carbons (Fsp3) is 0.222. The van der Waals surface area contributed by atoms with Gasteiger partial charge in [-0.15, -0.1) is 0 Å². The Labute approximate surface area is 130 Å². The first-order chi connectivity index (χ1) is 10.7. The molecule has 2 rings (SSSR count). The summed E-state index contributed by atoms with van der Waals surface area (Å²) in [6.07, 6.45) is 0.506. The summed E-state index contributed by atoms with van der Waals surface area (Å²) >= 11 is 0. The smallest absolute Gasteiger partial charge is 0.228 e. The van der Waals surface area contributed by atoms with Crippen LogP contribution in [0, 0.1) is 11.3 Å². The molecule has 2 N–H and O–H groups in total. The molecule has 0 bridgehead atoms. The molecule has 0 fully saturated rings. The van der Waals surface area contributed by atoms with Gasteiger partial charge in [-0.1, -0.05) is 48.5 Å². The van der Waals surface area contributed by atoms with Gasteiger partial charge in [-0.25, -0.2) is 0 Å². The second-order valence-electron chi connectivity index (χ2n) is 5.01. The van der Waals surface area contributed by atoms with E-state index in [1.54, 1.807) is 4.90 Å². The zero-order valence-corrected chi connectivity index (χ0v) is 12.4. The van der Waals surface area contributed by atoms with Gasteiger partial charge >= 0.3 is 0 Å². The van der Waals surface area contributed by atoms with Crippen LogP contribution in [-0.2, 0) is 4.79 Å². The number of anilines is 1. The fourth-order valence-electron chi connectivity index (χ4n) is 2.28. The lowest BCUT2D eigenvalue weighted by molar-refractivity contribution is -0.119. The first-order valence-electron chi connectivity index (χ1n) is 7.25. The third kappa shape index (κ3) is 4.18. The highest BCUT2D eigenvalue weighted by molar-refractivity contribution is 5.93. The summed E-state index contributed by atoms with van der Waals surface area (Å²) < 4.78 is 0. The van der Waals surface area contributed by atoms with Crippen molar-refractivity contribution in [2.24, 2.45) is 5.73 Å². The Morgan fingerprint density at radius 2 is 1.68 bits per heavy atom. The molecule has 2 aromatic carbocycles. The lowest BCUT2D eigenvalue weighted by Crippen LogP contribution is -2.34. The maximum atomic E-state index is 12.6. The first kappa shape index (κ1) is 15.7. The number of nitrogens with zero attached hydrogens (tertiary/aromatic N) is 2. The van der Waals surface area contributed by atoms with E-state index in [9.17, 15) is 4.79 Å². The van der Waals surface area contributed by atoms with E-state index >= 15 is 0 Å². The number of benzene rings is 2. The number of carbonyl (C=O) groups excluding carboxylic acids is 1. The van der Waals surface area contributed by atoms with Crippen molar-refractivity contribution in [3.63, 3.8) is 0 Å². The minimum Gasteiger partial charge on any atom is -0.324 e. The molecule has 0 saturated carbocycles. The van der Waals surface area contributed by atoms with Gasteiger partial charge in [-0.3, -0.25) is 4.79 Å². The molecule has 22 heavy (non-hydrogen) atoms. The summed E-state index contributed by atoms with van der Waals surface area (Å²) in [6.45, 7) is 0.376. The molecular weight excluding hydrogens is 274 g/mol. The number of hydrogen-bond donors (Lipinski definition) is 1. The molecule has 112 valence electrons. The maximum absolute atomic E-state index is 12.6. The Balaban J connectivity index is 2.11. The number of rotatable bonds is 6. The molecule has 0 spiro atoms. The predicted molar refractivity (Wildman–Crippen MR) is 87.0 cm³/mol. The van der Waals surface area contributed by atoms with E-state index in [0.717, 1.165) is 11.3 Å². The van der Waals surface area contributed by atoms with E-state index in [1.165, 1.54) is 0 Å². The third-order valence-corrected chi connectivity index (χ3v) is 3.44. The monoisotopic (exact) mass is 293 g/mol. The van der Waals surface area contributed by atoms with Crippen LogP contribution in [0.2, 0.25) is 0 Å². The van der Waals surface area contributed by atoms with E-state index in [2.05, 4.69) is 6.07 Å². The van der Waals surface area contributed by atoms with E-state index in [1.807, 2.05) is 60.7 Å². The van der Waals surface area contributed by atoms with E-state index in [-0.39, 0.29) is 18.4 Å². The minimum absolute atomic E-state index is 0.0715. The third-order valence-electron chi connectivity index (χ3n) is 3.44. The van der Waals surface area contributed by atoms with Gasteiger partial charge in [0.2, 0.25) is 5.91 Å². The van der Waals surface area contributed by atoms with E-state index in [4.69, 9.17) is 11.0 Å². The van der Waals surface area contributed by atoms with Crippen molar-refractivity contribution < 1.29 is 4.79 Å². The minimum atomic E-state index is -0.345. The Morgan fingerprint density at radius 3 is 2.27 bits per heavy atom. The fourth-order valence-corrected chi connectivity index (χ4v) is 2.28. The van der Waals surface area contributed by atoms with Gasteiger partial charge in [0.25, 0.3) is 0 Å². The van der Waals surface area contributed by atoms with Crippen molar-refractivity contribution in [1.82, 2.24) is 0 Å². The van der Waals surface area contributed by atoms with Gasteiger partial charge in [0, 0.05) is 24.7 Å². The summed E-state index contributed by atoms with van der Waals surface area (Å²) in [5.41, 5.74) is 7.86. The van der Waals surface area contributed by atoms with E-state index in [0.29, 0.717) is 13.0 Å². The average molecular weight is 293 g/mol. The topological polar surface area (TPSA) is 70.1 Å². The molecule has 0 aliphatic rings. The molecule has 4 heteroatoms.